The number of nitrogens with two attached hydrogens (primary N) is 1. The SMILES string of the molecule is CNCC(NC(=O)c1ccc(-c2ccc(N)cc2)o1)C1CCCCC1. The predicted octanol–water partition coefficient (Wildman–Crippen LogP) is 3.43. The van der Waals surface area contributed by atoms with Gasteiger partial charge in [0.2, 0.25) is 0 Å². The van der Waals surface area contributed by atoms with E-state index < -0.39 is 0 Å². The molecule has 5 nitrogen and oxygen atoms in total. The van der Waals surface area contributed by atoms with Crippen LogP contribution in [0.5, 0.6) is 0 Å². The molecule has 0 radical (unpaired) electrons. The van der Waals surface area contributed by atoms with Crippen LogP contribution in [0.4, 0.5) is 5.69 Å². The van der Waals surface area contributed by atoms with Crippen molar-refractivity contribution in [2.75, 3.05) is 19.3 Å². The van der Waals surface area contributed by atoms with E-state index in [4.69, 9.17) is 10.2 Å². The highest BCUT2D eigenvalue weighted by atomic mass is 16.3. The van der Waals surface area contributed by atoms with Crippen LogP contribution in [-0.2, 0) is 0 Å². The largest absolute Gasteiger partial charge is 0.451 e. The molecule has 1 amide bonds. The van der Waals surface area contributed by atoms with Crippen LogP contribution in [0.2, 0.25) is 0 Å². The minimum atomic E-state index is -0.146. The molecular formula is C20H27N3O2. The van der Waals surface area contributed by atoms with Crippen LogP contribution < -0.4 is 16.4 Å². The first kappa shape index (κ1) is 17.5. The summed E-state index contributed by atoms with van der Waals surface area (Å²) in [6.45, 7) is 0.780. The molecule has 0 aliphatic heterocycles. The van der Waals surface area contributed by atoms with Crippen molar-refractivity contribution in [1.29, 1.82) is 0 Å². The van der Waals surface area contributed by atoms with Gasteiger partial charge < -0.3 is 20.8 Å². The van der Waals surface area contributed by atoms with Crippen LogP contribution in [0, 0.1) is 5.92 Å². The number of carbonyl (C=O) groups excluding carboxylic acids is 1. The van der Waals surface area contributed by atoms with E-state index in [-0.39, 0.29) is 11.9 Å². The Morgan fingerprint density at radius 3 is 2.56 bits per heavy atom. The van der Waals surface area contributed by atoms with Crippen molar-refractivity contribution >= 4 is 11.6 Å². The second kappa shape index (κ2) is 8.21. The highest BCUT2D eigenvalue weighted by Gasteiger charge is 2.25. The van der Waals surface area contributed by atoms with Crippen LogP contribution in [0.25, 0.3) is 11.3 Å². The molecular weight excluding hydrogens is 314 g/mol. The molecule has 1 aliphatic carbocycles. The molecule has 1 fully saturated rings. The second-order valence-electron chi connectivity index (χ2n) is 6.82. The number of nitrogens with one attached hydrogen (secondary N) is 2. The van der Waals surface area contributed by atoms with E-state index in [1.807, 2.05) is 37.4 Å². The lowest BCUT2D eigenvalue weighted by molar-refractivity contribution is 0.0885. The molecule has 134 valence electrons. The van der Waals surface area contributed by atoms with Gasteiger partial charge in [0.1, 0.15) is 5.76 Å². The van der Waals surface area contributed by atoms with Crippen molar-refractivity contribution in [3.8, 4) is 11.3 Å². The third-order valence-corrected chi connectivity index (χ3v) is 4.98. The minimum Gasteiger partial charge on any atom is -0.451 e. The van der Waals surface area contributed by atoms with Gasteiger partial charge in [0, 0.05) is 23.8 Å². The van der Waals surface area contributed by atoms with E-state index in [0.29, 0.717) is 23.1 Å². The van der Waals surface area contributed by atoms with Crippen molar-refractivity contribution < 1.29 is 9.21 Å². The summed E-state index contributed by atoms with van der Waals surface area (Å²) in [4.78, 5) is 12.6. The van der Waals surface area contributed by atoms with Gasteiger partial charge in [0.05, 0.1) is 0 Å². The van der Waals surface area contributed by atoms with Gasteiger partial charge >= 0.3 is 0 Å². The highest BCUT2D eigenvalue weighted by Crippen LogP contribution is 2.27. The molecule has 1 heterocycles. The zero-order valence-electron chi connectivity index (χ0n) is 14.8. The first-order chi connectivity index (χ1) is 12.2. The number of rotatable bonds is 6. The third-order valence-electron chi connectivity index (χ3n) is 4.98. The monoisotopic (exact) mass is 341 g/mol. The molecule has 3 rings (SSSR count). The summed E-state index contributed by atoms with van der Waals surface area (Å²) in [5.41, 5.74) is 7.33. The maximum atomic E-state index is 12.6. The maximum Gasteiger partial charge on any atom is 0.287 e. The van der Waals surface area contributed by atoms with Gasteiger partial charge in [-0.25, -0.2) is 0 Å². The molecule has 1 saturated carbocycles. The molecule has 0 saturated heterocycles. The molecule has 1 aliphatic rings. The highest BCUT2D eigenvalue weighted by molar-refractivity contribution is 5.92. The lowest BCUT2D eigenvalue weighted by Gasteiger charge is -2.30. The van der Waals surface area contributed by atoms with E-state index >= 15 is 0 Å². The fraction of sp³-hybridized carbons (Fsp3) is 0.450. The number of nitrogen functional groups attached to an aromatic ring is 1. The minimum absolute atomic E-state index is 0.142. The quantitative estimate of drug-likeness (QED) is 0.703. The Balaban J connectivity index is 1.68. The number of hydrogen-bond donors (Lipinski definition) is 3. The summed E-state index contributed by atoms with van der Waals surface area (Å²) in [5, 5.41) is 6.36. The standard InChI is InChI=1S/C20H27N3O2/c1-22-13-17(14-5-3-2-4-6-14)23-20(24)19-12-11-18(25-19)15-7-9-16(21)10-8-15/h7-12,14,17,22H,2-6,13,21H2,1H3,(H,23,24). The molecule has 2 aromatic rings. The fourth-order valence-electron chi connectivity index (χ4n) is 3.59. The Labute approximate surface area is 149 Å². The van der Waals surface area contributed by atoms with Crippen LogP contribution >= 0.6 is 0 Å². The topological polar surface area (TPSA) is 80.3 Å². The van der Waals surface area contributed by atoms with Crippen LogP contribution in [0.15, 0.2) is 40.8 Å². The Morgan fingerprint density at radius 1 is 1.16 bits per heavy atom. The predicted molar refractivity (Wildman–Crippen MR) is 100 cm³/mol. The van der Waals surface area contributed by atoms with Crippen LogP contribution in [-0.4, -0.2) is 25.5 Å². The molecule has 1 unspecified atom stereocenters. The van der Waals surface area contributed by atoms with E-state index in [1.165, 1.54) is 32.1 Å². The summed E-state index contributed by atoms with van der Waals surface area (Å²) >= 11 is 0. The molecule has 1 aromatic carbocycles. The Morgan fingerprint density at radius 2 is 1.88 bits per heavy atom. The van der Waals surface area contributed by atoms with Crippen molar-refractivity contribution in [3.63, 3.8) is 0 Å². The summed E-state index contributed by atoms with van der Waals surface area (Å²) < 4.78 is 5.76. The van der Waals surface area contributed by atoms with Crippen molar-refractivity contribution in [1.82, 2.24) is 10.6 Å². The molecule has 4 N–H and O–H groups in total. The number of anilines is 1. The van der Waals surface area contributed by atoms with Gasteiger partial charge in [-0.2, -0.15) is 0 Å². The molecule has 5 heteroatoms. The normalized spacial score (nSPS) is 16.5. The smallest absolute Gasteiger partial charge is 0.287 e. The molecule has 25 heavy (non-hydrogen) atoms. The molecule has 1 aromatic heterocycles. The lowest BCUT2D eigenvalue weighted by Crippen LogP contribution is -2.46. The number of benzene rings is 1. The number of hydrogen-bond acceptors (Lipinski definition) is 4. The van der Waals surface area contributed by atoms with Crippen molar-refractivity contribution in [2.24, 2.45) is 5.92 Å². The Bertz CT molecular complexity index is 687. The summed E-state index contributed by atoms with van der Waals surface area (Å²) in [7, 11) is 1.92. The van der Waals surface area contributed by atoms with Gasteiger partial charge in [0.15, 0.2) is 5.76 Å². The Hall–Kier alpha value is -2.27. The summed E-state index contributed by atoms with van der Waals surface area (Å²) in [6.07, 6.45) is 6.17. The van der Waals surface area contributed by atoms with Gasteiger partial charge in [0.25, 0.3) is 5.91 Å². The zero-order valence-corrected chi connectivity index (χ0v) is 14.8. The number of carbonyl (C=O) groups is 1. The first-order valence-electron chi connectivity index (χ1n) is 9.08. The fourth-order valence-corrected chi connectivity index (χ4v) is 3.59. The van der Waals surface area contributed by atoms with E-state index in [2.05, 4.69) is 10.6 Å². The van der Waals surface area contributed by atoms with Crippen molar-refractivity contribution in [3.05, 3.63) is 42.2 Å². The van der Waals surface area contributed by atoms with Crippen LogP contribution in [0.3, 0.4) is 0 Å². The number of amides is 1. The Kier molecular flexibility index (Phi) is 5.76. The number of likely N-dealkylation sites (N-methyl/N-ethyl adjacent to an activating group) is 1. The van der Waals surface area contributed by atoms with Gasteiger partial charge in [-0.15, -0.1) is 0 Å². The maximum absolute atomic E-state index is 12.6. The van der Waals surface area contributed by atoms with E-state index in [9.17, 15) is 4.79 Å². The molecule has 0 spiro atoms. The lowest BCUT2D eigenvalue weighted by atomic mass is 9.83. The zero-order chi connectivity index (χ0) is 17.6. The summed E-state index contributed by atoms with van der Waals surface area (Å²) in [6, 6.07) is 11.1. The van der Waals surface area contributed by atoms with E-state index in [1.54, 1.807) is 6.07 Å². The second-order valence-corrected chi connectivity index (χ2v) is 6.82. The molecule has 1 atom stereocenters. The number of furan rings is 1. The van der Waals surface area contributed by atoms with Crippen LogP contribution in [0.1, 0.15) is 42.7 Å². The summed E-state index contributed by atoms with van der Waals surface area (Å²) in [5.74, 6) is 1.42. The molecule has 0 bridgehead atoms. The van der Waals surface area contributed by atoms with Gasteiger partial charge in [-0.1, -0.05) is 19.3 Å². The average Bonchev–Trinajstić information content (AvgIpc) is 3.13. The average molecular weight is 341 g/mol. The van der Waals surface area contributed by atoms with Gasteiger partial charge in [-0.05, 0) is 62.2 Å². The van der Waals surface area contributed by atoms with Gasteiger partial charge in [-0.3, -0.25) is 4.79 Å². The van der Waals surface area contributed by atoms with E-state index in [0.717, 1.165) is 12.1 Å². The third kappa shape index (κ3) is 4.42. The van der Waals surface area contributed by atoms with Crippen molar-refractivity contribution in [2.45, 2.75) is 38.1 Å². The first-order valence-corrected chi connectivity index (χ1v) is 9.08.